The SMILES string of the molecule is O=C(Nc1cccc2ccccc12)c1cc(-c2ccc(Cl)c(Cl)c2)nc2ccccc12. The Morgan fingerprint density at radius 1 is 0.742 bits per heavy atom. The third-order valence-electron chi connectivity index (χ3n) is 5.21. The van der Waals surface area contributed by atoms with Crippen molar-refractivity contribution in [2.24, 2.45) is 0 Å². The minimum atomic E-state index is -0.198. The molecular formula is C26H16Cl2N2O. The maximum absolute atomic E-state index is 13.4. The monoisotopic (exact) mass is 442 g/mol. The van der Waals surface area contributed by atoms with E-state index in [1.54, 1.807) is 18.2 Å². The molecule has 5 aromatic rings. The van der Waals surface area contributed by atoms with Crippen LogP contribution in [0.1, 0.15) is 10.4 Å². The number of amides is 1. The zero-order valence-electron chi connectivity index (χ0n) is 16.3. The van der Waals surface area contributed by atoms with Crippen molar-refractivity contribution in [2.45, 2.75) is 0 Å². The molecular weight excluding hydrogens is 427 g/mol. The summed E-state index contributed by atoms with van der Waals surface area (Å²) in [4.78, 5) is 18.1. The first-order chi connectivity index (χ1) is 15.1. The molecule has 1 heterocycles. The number of hydrogen-bond acceptors (Lipinski definition) is 2. The summed E-state index contributed by atoms with van der Waals surface area (Å²) in [5.41, 5.74) is 3.48. The lowest BCUT2D eigenvalue weighted by atomic mass is 10.0. The van der Waals surface area contributed by atoms with E-state index < -0.39 is 0 Å². The Morgan fingerprint density at radius 3 is 2.32 bits per heavy atom. The van der Waals surface area contributed by atoms with Crippen molar-refractivity contribution >= 4 is 56.5 Å². The van der Waals surface area contributed by atoms with Gasteiger partial charge >= 0.3 is 0 Å². The number of aromatic nitrogens is 1. The van der Waals surface area contributed by atoms with E-state index in [4.69, 9.17) is 28.2 Å². The molecule has 5 heteroatoms. The van der Waals surface area contributed by atoms with Gasteiger partial charge in [0.1, 0.15) is 0 Å². The number of carbonyl (C=O) groups excluding carboxylic acids is 1. The van der Waals surface area contributed by atoms with Crippen LogP contribution in [0.2, 0.25) is 10.0 Å². The van der Waals surface area contributed by atoms with Gasteiger partial charge < -0.3 is 5.32 Å². The number of para-hydroxylation sites is 1. The van der Waals surface area contributed by atoms with Crippen LogP contribution in [-0.4, -0.2) is 10.9 Å². The predicted molar refractivity (Wildman–Crippen MR) is 129 cm³/mol. The average Bonchev–Trinajstić information content (AvgIpc) is 2.80. The molecule has 4 aromatic carbocycles. The van der Waals surface area contributed by atoms with Crippen molar-refractivity contribution in [3.8, 4) is 11.3 Å². The molecule has 1 amide bonds. The van der Waals surface area contributed by atoms with Gasteiger partial charge in [-0.1, -0.05) is 83.9 Å². The van der Waals surface area contributed by atoms with E-state index in [0.29, 0.717) is 21.3 Å². The van der Waals surface area contributed by atoms with Crippen LogP contribution in [0.25, 0.3) is 32.9 Å². The van der Waals surface area contributed by atoms with Crippen molar-refractivity contribution in [3.05, 3.63) is 107 Å². The summed E-state index contributed by atoms with van der Waals surface area (Å²) >= 11 is 12.3. The molecule has 0 spiro atoms. The topological polar surface area (TPSA) is 42.0 Å². The number of rotatable bonds is 3. The van der Waals surface area contributed by atoms with Gasteiger partial charge in [-0.05, 0) is 35.7 Å². The van der Waals surface area contributed by atoms with Crippen molar-refractivity contribution in [1.82, 2.24) is 4.98 Å². The van der Waals surface area contributed by atoms with Gasteiger partial charge in [0, 0.05) is 22.0 Å². The highest BCUT2D eigenvalue weighted by Crippen LogP contribution is 2.31. The number of benzene rings is 4. The fraction of sp³-hybridized carbons (Fsp3) is 0. The first-order valence-corrected chi connectivity index (χ1v) is 10.5. The lowest BCUT2D eigenvalue weighted by Crippen LogP contribution is -2.13. The van der Waals surface area contributed by atoms with Crippen molar-refractivity contribution < 1.29 is 4.79 Å². The minimum absolute atomic E-state index is 0.198. The van der Waals surface area contributed by atoms with E-state index in [0.717, 1.165) is 32.9 Å². The van der Waals surface area contributed by atoms with E-state index in [2.05, 4.69) is 5.32 Å². The predicted octanol–water partition coefficient (Wildman–Crippen LogP) is 7.61. The third kappa shape index (κ3) is 3.74. The molecule has 31 heavy (non-hydrogen) atoms. The molecule has 0 aliphatic heterocycles. The zero-order valence-corrected chi connectivity index (χ0v) is 17.8. The van der Waals surface area contributed by atoms with Crippen LogP contribution < -0.4 is 5.32 Å². The minimum Gasteiger partial charge on any atom is -0.321 e. The Bertz CT molecular complexity index is 1460. The lowest BCUT2D eigenvalue weighted by Gasteiger charge is -2.12. The van der Waals surface area contributed by atoms with Crippen molar-refractivity contribution in [3.63, 3.8) is 0 Å². The first kappa shape index (κ1) is 19.6. The molecule has 0 fully saturated rings. The molecule has 0 aliphatic carbocycles. The largest absolute Gasteiger partial charge is 0.321 e. The molecule has 3 nitrogen and oxygen atoms in total. The number of pyridine rings is 1. The van der Waals surface area contributed by atoms with Gasteiger partial charge in [0.15, 0.2) is 0 Å². The normalized spacial score (nSPS) is 11.0. The Balaban J connectivity index is 1.62. The fourth-order valence-electron chi connectivity index (χ4n) is 3.69. The van der Waals surface area contributed by atoms with Crippen LogP contribution in [0.3, 0.4) is 0 Å². The molecule has 150 valence electrons. The smallest absolute Gasteiger partial charge is 0.256 e. The molecule has 1 N–H and O–H groups in total. The molecule has 5 rings (SSSR count). The number of carbonyl (C=O) groups is 1. The highest BCUT2D eigenvalue weighted by Gasteiger charge is 2.15. The van der Waals surface area contributed by atoms with Gasteiger partial charge in [-0.2, -0.15) is 0 Å². The van der Waals surface area contributed by atoms with Gasteiger partial charge in [-0.25, -0.2) is 4.98 Å². The maximum Gasteiger partial charge on any atom is 0.256 e. The second-order valence-corrected chi connectivity index (χ2v) is 8.00. The second kappa shape index (κ2) is 8.03. The van der Waals surface area contributed by atoms with Crippen molar-refractivity contribution in [1.29, 1.82) is 0 Å². The molecule has 0 aliphatic rings. The van der Waals surface area contributed by atoms with E-state index in [9.17, 15) is 4.79 Å². The van der Waals surface area contributed by atoms with Crippen molar-refractivity contribution in [2.75, 3.05) is 5.32 Å². The van der Waals surface area contributed by atoms with Gasteiger partial charge in [0.2, 0.25) is 0 Å². The molecule has 0 saturated carbocycles. The highest BCUT2D eigenvalue weighted by molar-refractivity contribution is 6.42. The zero-order chi connectivity index (χ0) is 21.4. The molecule has 0 unspecified atom stereocenters. The number of anilines is 1. The summed E-state index contributed by atoms with van der Waals surface area (Å²) in [5.74, 6) is -0.198. The number of halogens is 2. The Morgan fingerprint density at radius 2 is 1.48 bits per heavy atom. The van der Waals surface area contributed by atoms with E-state index >= 15 is 0 Å². The van der Waals surface area contributed by atoms with Crippen LogP contribution in [-0.2, 0) is 0 Å². The summed E-state index contributed by atoms with van der Waals surface area (Å²) in [6.45, 7) is 0. The Hall–Kier alpha value is -3.40. The lowest BCUT2D eigenvalue weighted by molar-refractivity contribution is 0.102. The van der Waals surface area contributed by atoms with Gasteiger partial charge in [0.25, 0.3) is 5.91 Å². The summed E-state index contributed by atoms with van der Waals surface area (Å²) in [7, 11) is 0. The van der Waals surface area contributed by atoms with Crippen LogP contribution in [0.15, 0.2) is 91.0 Å². The fourth-order valence-corrected chi connectivity index (χ4v) is 3.99. The van der Waals surface area contributed by atoms with Gasteiger partial charge in [-0.15, -0.1) is 0 Å². The maximum atomic E-state index is 13.4. The number of nitrogens with one attached hydrogen (secondary N) is 1. The highest BCUT2D eigenvalue weighted by atomic mass is 35.5. The molecule has 0 saturated heterocycles. The van der Waals surface area contributed by atoms with E-state index in [-0.39, 0.29) is 5.91 Å². The van der Waals surface area contributed by atoms with Crippen LogP contribution in [0.5, 0.6) is 0 Å². The standard InChI is InChI=1S/C26H16Cl2N2O/c27-21-13-12-17(14-22(21)28)25-15-20(19-9-3-4-10-24(19)29-25)26(31)30-23-11-5-7-16-6-1-2-8-18(16)23/h1-15H,(H,30,31). The molecule has 0 atom stereocenters. The first-order valence-electron chi connectivity index (χ1n) is 9.74. The third-order valence-corrected chi connectivity index (χ3v) is 5.95. The number of hydrogen-bond donors (Lipinski definition) is 1. The number of fused-ring (bicyclic) bond motifs is 2. The number of nitrogens with zero attached hydrogens (tertiary/aromatic N) is 1. The quantitative estimate of drug-likeness (QED) is 0.312. The average molecular weight is 443 g/mol. The van der Waals surface area contributed by atoms with E-state index in [1.807, 2.05) is 72.8 Å². The summed E-state index contributed by atoms with van der Waals surface area (Å²) < 4.78 is 0. The van der Waals surface area contributed by atoms with Gasteiger partial charge in [0.05, 0.1) is 26.8 Å². The molecule has 0 bridgehead atoms. The van der Waals surface area contributed by atoms with Crippen LogP contribution >= 0.6 is 23.2 Å². The molecule has 0 radical (unpaired) electrons. The Kier molecular flexibility index (Phi) is 5.06. The van der Waals surface area contributed by atoms with E-state index in [1.165, 1.54) is 0 Å². The summed E-state index contributed by atoms with van der Waals surface area (Å²) in [6, 6.07) is 28.5. The second-order valence-electron chi connectivity index (χ2n) is 7.18. The van der Waals surface area contributed by atoms with Crippen LogP contribution in [0.4, 0.5) is 5.69 Å². The summed E-state index contributed by atoms with van der Waals surface area (Å²) in [6.07, 6.45) is 0. The Labute approximate surface area is 189 Å². The molecule has 1 aromatic heterocycles. The van der Waals surface area contributed by atoms with Crippen LogP contribution in [0, 0.1) is 0 Å². The summed E-state index contributed by atoms with van der Waals surface area (Å²) in [5, 5.41) is 6.83. The van der Waals surface area contributed by atoms with Gasteiger partial charge in [-0.3, -0.25) is 4.79 Å².